The Kier molecular flexibility index (Phi) is 23.9. The van der Waals surface area contributed by atoms with Crippen LogP contribution in [-0.4, -0.2) is 5.78 Å². The van der Waals surface area contributed by atoms with Gasteiger partial charge in [0.2, 0.25) is 0 Å². The number of halogens is 1. The molecule has 0 unspecified atom stereocenters. The van der Waals surface area contributed by atoms with Crippen molar-refractivity contribution >= 4 is 5.78 Å². The molecule has 2 heteroatoms. The minimum absolute atomic E-state index is 0.0897. The van der Waals surface area contributed by atoms with Gasteiger partial charge >= 0.3 is 0 Å². The van der Waals surface area contributed by atoms with E-state index in [-0.39, 0.29) is 11.6 Å². The standard InChI is InChI=1S/C9H11F.C8H18.C4H8O.C2H6/c1-3-8-6-7(2)4-5-9(8)10;1-4-5-6-7-8(2)3;1-3-4(2)5;1-2/h4-6H,3H2,1-2H3;8H,4-7H2,1-3H3;3H2,1-2H3;1-2H3. The van der Waals surface area contributed by atoms with E-state index in [1.807, 2.05) is 40.7 Å². The van der Waals surface area contributed by atoms with Crippen LogP contribution in [0.5, 0.6) is 0 Å². The van der Waals surface area contributed by atoms with Gasteiger partial charge in [-0.3, -0.25) is 0 Å². The Bertz CT molecular complexity index is 411. The molecular weight excluding hydrogens is 311 g/mol. The molecule has 25 heavy (non-hydrogen) atoms. The molecule has 0 aliphatic rings. The summed E-state index contributed by atoms with van der Waals surface area (Å²) in [5, 5.41) is 0. The molecular formula is C23H43FO. The molecule has 1 nitrogen and oxygen atoms in total. The second-order valence-corrected chi connectivity index (χ2v) is 6.39. The number of rotatable bonds is 6. The molecule has 0 fully saturated rings. The highest BCUT2D eigenvalue weighted by Gasteiger charge is 1.97. The Balaban J connectivity index is -0.000000291. The SMILES string of the molecule is CC.CCC(C)=O.CCCCCC(C)C.CCc1cc(C)ccc1F. The van der Waals surface area contributed by atoms with Crippen molar-refractivity contribution in [2.75, 3.05) is 0 Å². The van der Waals surface area contributed by atoms with Gasteiger partial charge in [-0.1, -0.05) is 91.8 Å². The average Bonchev–Trinajstić information content (AvgIpc) is 2.60. The lowest BCUT2D eigenvalue weighted by Gasteiger charge is -2.00. The largest absolute Gasteiger partial charge is 0.300 e. The van der Waals surface area contributed by atoms with Crippen molar-refractivity contribution in [2.24, 2.45) is 5.92 Å². The summed E-state index contributed by atoms with van der Waals surface area (Å²) in [7, 11) is 0. The molecule has 1 rings (SSSR count). The fourth-order valence-electron chi connectivity index (χ4n) is 1.78. The fraction of sp³-hybridized carbons (Fsp3) is 0.696. The van der Waals surface area contributed by atoms with E-state index in [2.05, 4.69) is 20.8 Å². The third-order valence-electron chi connectivity index (χ3n) is 3.47. The monoisotopic (exact) mass is 354 g/mol. The van der Waals surface area contributed by atoms with Crippen LogP contribution in [0.15, 0.2) is 18.2 Å². The van der Waals surface area contributed by atoms with Crippen molar-refractivity contribution < 1.29 is 9.18 Å². The number of carbonyl (C=O) groups excluding carboxylic acids is 1. The van der Waals surface area contributed by atoms with Crippen LogP contribution in [0.25, 0.3) is 0 Å². The second-order valence-electron chi connectivity index (χ2n) is 6.39. The first-order valence-electron chi connectivity index (χ1n) is 10.0. The number of Topliss-reactive ketones (excluding diaryl/α,β-unsaturated/α-hetero) is 1. The van der Waals surface area contributed by atoms with E-state index >= 15 is 0 Å². The second kappa shape index (κ2) is 20.9. The van der Waals surface area contributed by atoms with E-state index in [1.54, 1.807) is 13.0 Å². The molecule has 0 atom stereocenters. The predicted molar refractivity (Wildman–Crippen MR) is 112 cm³/mol. The highest BCUT2D eigenvalue weighted by atomic mass is 19.1. The number of carbonyl (C=O) groups is 1. The maximum absolute atomic E-state index is 12.8. The summed E-state index contributed by atoms with van der Waals surface area (Å²) < 4.78 is 12.8. The van der Waals surface area contributed by atoms with Gasteiger partial charge in [0.25, 0.3) is 0 Å². The summed E-state index contributed by atoms with van der Waals surface area (Å²) in [4.78, 5) is 9.81. The number of hydrogen-bond acceptors (Lipinski definition) is 1. The third kappa shape index (κ3) is 22.8. The van der Waals surface area contributed by atoms with Crippen LogP contribution in [0, 0.1) is 18.7 Å². The molecule has 0 amide bonds. The molecule has 0 aromatic heterocycles. The first-order chi connectivity index (χ1) is 11.8. The minimum Gasteiger partial charge on any atom is -0.300 e. The number of aryl methyl sites for hydroxylation is 2. The van der Waals surface area contributed by atoms with Gasteiger partial charge in [-0.15, -0.1) is 0 Å². The van der Waals surface area contributed by atoms with Crippen LogP contribution in [-0.2, 0) is 11.2 Å². The van der Waals surface area contributed by atoms with Crippen LogP contribution in [0.2, 0.25) is 0 Å². The summed E-state index contributed by atoms with van der Waals surface area (Å²) >= 11 is 0. The van der Waals surface area contributed by atoms with Crippen LogP contribution >= 0.6 is 0 Å². The molecule has 0 bridgehead atoms. The Morgan fingerprint density at radius 3 is 1.92 bits per heavy atom. The molecule has 0 saturated heterocycles. The number of hydrogen-bond donors (Lipinski definition) is 0. The van der Waals surface area contributed by atoms with E-state index in [0.29, 0.717) is 6.42 Å². The van der Waals surface area contributed by atoms with E-state index in [4.69, 9.17) is 0 Å². The van der Waals surface area contributed by atoms with Crippen molar-refractivity contribution in [2.45, 2.75) is 101 Å². The Labute approximate surface area is 157 Å². The quantitative estimate of drug-likeness (QED) is 0.474. The van der Waals surface area contributed by atoms with Crippen molar-refractivity contribution in [3.05, 3.63) is 35.1 Å². The molecule has 1 aromatic carbocycles. The maximum Gasteiger partial charge on any atom is 0.129 e. The smallest absolute Gasteiger partial charge is 0.129 e. The third-order valence-corrected chi connectivity index (χ3v) is 3.47. The van der Waals surface area contributed by atoms with Gasteiger partial charge in [-0.05, 0) is 37.8 Å². The predicted octanol–water partition coefficient (Wildman–Crippen LogP) is 7.93. The number of ketones is 1. The van der Waals surface area contributed by atoms with Gasteiger partial charge in [-0.25, -0.2) is 4.39 Å². The van der Waals surface area contributed by atoms with Crippen molar-refractivity contribution in [1.29, 1.82) is 0 Å². The molecule has 0 saturated carbocycles. The summed E-state index contributed by atoms with van der Waals surface area (Å²) in [6.07, 6.45) is 7.04. The van der Waals surface area contributed by atoms with Gasteiger partial charge < -0.3 is 4.79 Å². The van der Waals surface area contributed by atoms with E-state index in [0.717, 1.165) is 23.5 Å². The topological polar surface area (TPSA) is 17.1 Å². The Morgan fingerprint density at radius 2 is 1.60 bits per heavy atom. The van der Waals surface area contributed by atoms with Crippen LogP contribution in [0.3, 0.4) is 0 Å². The Morgan fingerprint density at radius 1 is 1.08 bits per heavy atom. The molecule has 0 aliphatic carbocycles. The van der Waals surface area contributed by atoms with Crippen LogP contribution < -0.4 is 0 Å². The summed E-state index contributed by atoms with van der Waals surface area (Å²) in [5.41, 5.74) is 1.93. The van der Waals surface area contributed by atoms with Crippen LogP contribution in [0.4, 0.5) is 4.39 Å². The molecule has 0 aliphatic heterocycles. The summed E-state index contributed by atoms with van der Waals surface area (Å²) in [6, 6.07) is 5.19. The number of unbranched alkanes of at least 4 members (excludes halogenated alkanes) is 2. The Hall–Kier alpha value is -1.18. The maximum atomic E-state index is 12.8. The van der Waals surface area contributed by atoms with E-state index in [1.165, 1.54) is 31.7 Å². The van der Waals surface area contributed by atoms with E-state index < -0.39 is 0 Å². The van der Waals surface area contributed by atoms with Gasteiger partial charge in [0.15, 0.2) is 0 Å². The average molecular weight is 355 g/mol. The van der Waals surface area contributed by atoms with Gasteiger partial charge in [0, 0.05) is 6.42 Å². The lowest BCUT2D eigenvalue weighted by atomic mass is 10.1. The first-order valence-corrected chi connectivity index (χ1v) is 10.0. The summed E-state index contributed by atoms with van der Waals surface area (Å²) in [6.45, 7) is 18.2. The first kappa shape index (κ1) is 28.6. The van der Waals surface area contributed by atoms with Crippen molar-refractivity contribution in [3.8, 4) is 0 Å². The molecule has 1 aromatic rings. The van der Waals surface area contributed by atoms with Crippen LogP contribution in [0.1, 0.15) is 98.6 Å². The summed E-state index contributed by atoms with van der Waals surface area (Å²) in [5.74, 6) is 1.07. The lowest BCUT2D eigenvalue weighted by molar-refractivity contribution is -0.116. The molecule has 0 heterocycles. The normalized spacial score (nSPS) is 9.08. The lowest BCUT2D eigenvalue weighted by Crippen LogP contribution is -1.87. The van der Waals surface area contributed by atoms with Crippen molar-refractivity contribution in [1.82, 2.24) is 0 Å². The zero-order valence-electron chi connectivity index (χ0n) is 18.3. The van der Waals surface area contributed by atoms with Gasteiger partial charge in [0.1, 0.15) is 11.6 Å². The highest BCUT2D eigenvalue weighted by molar-refractivity contribution is 5.74. The molecule has 0 spiro atoms. The highest BCUT2D eigenvalue weighted by Crippen LogP contribution is 2.09. The zero-order valence-corrected chi connectivity index (χ0v) is 18.3. The number of benzene rings is 1. The zero-order chi connectivity index (χ0) is 20.3. The minimum atomic E-state index is -0.0897. The van der Waals surface area contributed by atoms with Gasteiger partial charge in [-0.2, -0.15) is 0 Å². The molecule has 0 N–H and O–H groups in total. The van der Waals surface area contributed by atoms with Gasteiger partial charge in [0.05, 0.1) is 0 Å². The fourth-order valence-corrected chi connectivity index (χ4v) is 1.78. The van der Waals surface area contributed by atoms with Crippen molar-refractivity contribution in [3.63, 3.8) is 0 Å². The van der Waals surface area contributed by atoms with E-state index in [9.17, 15) is 9.18 Å². The molecule has 0 radical (unpaired) electrons. The molecule has 148 valence electrons.